The van der Waals surface area contributed by atoms with E-state index in [1.165, 1.54) is 22.4 Å². The molecule has 0 radical (unpaired) electrons. The molecular weight excluding hydrogens is 328 g/mol. The minimum absolute atomic E-state index is 0.463. The summed E-state index contributed by atoms with van der Waals surface area (Å²) in [5.74, 6) is 0.463. The molecule has 0 fully saturated rings. The molecule has 4 rings (SSSR count). The zero-order chi connectivity index (χ0) is 18.8. The molecule has 27 heavy (non-hydrogen) atoms. The van der Waals surface area contributed by atoms with Gasteiger partial charge < -0.3 is 0 Å². The zero-order valence-electron chi connectivity index (χ0n) is 15.7. The average Bonchev–Trinajstić information content (AvgIpc) is 2.70. The van der Waals surface area contributed by atoms with Crippen molar-refractivity contribution in [2.45, 2.75) is 20.3 Å². The van der Waals surface area contributed by atoms with Crippen LogP contribution in [0.1, 0.15) is 41.7 Å². The molecule has 0 aliphatic carbocycles. The number of hydrogen-bond donors (Lipinski definition) is 0. The maximum Gasteiger partial charge on any atom is 0.0991 e. The second-order valence-corrected chi connectivity index (χ2v) is 7.35. The second kappa shape index (κ2) is 7.21. The van der Waals surface area contributed by atoms with Crippen LogP contribution in [0.15, 0.2) is 59.6 Å². The van der Waals surface area contributed by atoms with Crippen LogP contribution in [0.2, 0.25) is 0 Å². The van der Waals surface area contributed by atoms with Crippen LogP contribution in [0.25, 0.3) is 22.9 Å². The van der Waals surface area contributed by atoms with Crippen molar-refractivity contribution in [2.75, 3.05) is 6.54 Å². The van der Waals surface area contributed by atoms with Gasteiger partial charge in [0, 0.05) is 12.3 Å². The number of aliphatic imine (C=N–C) groups is 1. The Balaban J connectivity index is 1.61. The minimum atomic E-state index is 0.463. The summed E-state index contributed by atoms with van der Waals surface area (Å²) < 4.78 is 0. The average molecular weight is 350 g/mol. The van der Waals surface area contributed by atoms with E-state index in [0.29, 0.717) is 11.5 Å². The number of nitriles is 1. The highest BCUT2D eigenvalue weighted by Crippen LogP contribution is 2.23. The predicted octanol–water partition coefficient (Wildman–Crippen LogP) is 5.88. The van der Waals surface area contributed by atoms with E-state index in [4.69, 9.17) is 10.3 Å². The number of benzene rings is 3. The van der Waals surface area contributed by atoms with Crippen LogP contribution in [0.5, 0.6) is 0 Å². The highest BCUT2D eigenvalue weighted by molar-refractivity contribution is 6.04. The van der Waals surface area contributed by atoms with Crippen molar-refractivity contribution in [3.8, 4) is 6.07 Å². The standard InChI is InChI=1S/C25H22N2/c1-17(2)25-24-10-7-19(14-23(24)11-12-27-25)4-3-18-5-8-22-15-20(16-26)6-9-21(22)13-18/h3-10,13-15,17H,11-12H2,1-2H3. The first kappa shape index (κ1) is 17.2. The van der Waals surface area contributed by atoms with E-state index in [0.717, 1.165) is 29.3 Å². The van der Waals surface area contributed by atoms with E-state index >= 15 is 0 Å². The van der Waals surface area contributed by atoms with Gasteiger partial charge in [0.05, 0.1) is 11.6 Å². The van der Waals surface area contributed by atoms with Gasteiger partial charge in [-0.2, -0.15) is 5.26 Å². The lowest BCUT2D eigenvalue weighted by Gasteiger charge is -2.20. The molecule has 1 heterocycles. The summed E-state index contributed by atoms with van der Waals surface area (Å²) in [5, 5.41) is 11.3. The van der Waals surface area contributed by atoms with Crippen molar-refractivity contribution < 1.29 is 0 Å². The summed E-state index contributed by atoms with van der Waals surface area (Å²) in [7, 11) is 0. The van der Waals surface area contributed by atoms with Gasteiger partial charge >= 0.3 is 0 Å². The Morgan fingerprint density at radius 1 is 0.926 bits per heavy atom. The van der Waals surface area contributed by atoms with E-state index < -0.39 is 0 Å². The lowest BCUT2D eigenvalue weighted by Crippen LogP contribution is -2.17. The van der Waals surface area contributed by atoms with Crippen LogP contribution < -0.4 is 0 Å². The molecular formula is C25H22N2. The van der Waals surface area contributed by atoms with Gasteiger partial charge in [-0.25, -0.2) is 0 Å². The predicted molar refractivity (Wildman–Crippen MR) is 114 cm³/mol. The maximum atomic E-state index is 9.02. The van der Waals surface area contributed by atoms with Gasteiger partial charge in [-0.15, -0.1) is 0 Å². The Kier molecular flexibility index (Phi) is 4.60. The summed E-state index contributed by atoms with van der Waals surface area (Å²) in [4.78, 5) is 4.71. The molecule has 0 saturated carbocycles. The van der Waals surface area contributed by atoms with Gasteiger partial charge in [-0.1, -0.05) is 62.4 Å². The van der Waals surface area contributed by atoms with Gasteiger partial charge in [0.2, 0.25) is 0 Å². The van der Waals surface area contributed by atoms with Crippen molar-refractivity contribution in [1.82, 2.24) is 0 Å². The summed E-state index contributed by atoms with van der Waals surface area (Å²) in [5.41, 5.74) is 7.03. The third-order valence-electron chi connectivity index (χ3n) is 5.08. The van der Waals surface area contributed by atoms with E-state index in [2.05, 4.69) is 68.5 Å². The third-order valence-corrected chi connectivity index (χ3v) is 5.08. The molecule has 2 heteroatoms. The quantitative estimate of drug-likeness (QED) is 0.543. The lowest BCUT2D eigenvalue weighted by atomic mass is 9.90. The molecule has 0 N–H and O–H groups in total. The summed E-state index contributed by atoms with van der Waals surface area (Å²) in [6.45, 7) is 5.31. The molecule has 0 atom stereocenters. The largest absolute Gasteiger partial charge is 0.289 e. The Hall–Kier alpha value is -3.18. The van der Waals surface area contributed by atoms with E-state index in [1.54, 1.807) is 0 Å². The number of nitrogens with zero attached hydrogens (tertiary/aromatic N) is 2. The SMILES string of the molecule is CC(C)C1=NCCc2cc(C=Cc3ccc4cc(C#N)ccc4c3)ccc21. The molecule has 0 unspecified atom stereocenters. The number of rotatable bonds is 3. The molecule has 3 aromatic carbocycles. The van der Waals surface area contributed by atoms with Crippen molar-refractivity contribution in [3.05, 3.63) is 82.4 Å². The van der Waals surface area contributed by atoms with Crippen molar-refractivity contribution in [3.63, 3.8) is 0 Å². The van der Waals surface area contributed by atoms with Crippen LogP contribution in [-0.4, -0.2) is 12.3 Å². The van der Waals surface area contributed by atoms with E-state index in [1.807, 2.05) is 18.2 Å². The molecule has 1 aliphatic heterocycles. The van der Waals surface area contributed by atoms with Crippen LogP contribution >= 0.6 is 0 Å². The minimum Gasteiger partial charge on any atom is -0.289 e. The molecule has 2 nitrogen and oxygen atoms in total. The molecule has 0 amide bonds. The Bertz CT molecular complexity index is 1110. The fourth-order valence-corrected chi connectivity index (χ4v) is 3.68. The first-order valence-corrected chi connectivity index (χ1v) is 9.44. The van der Waals surface area contributed by atoms with Crippen LogP contribution in [0.4, 0.5) is 0 Å². The molecule has 0 aromatic heterocycles. The topological polar surface area (TPSA) is 36.1 Å². The molecule has 0 bridgehead atoms. The van der Waals surface area contributed by atoms with Crippen molar-refractivity contribution in [1.29, 1.82) is 5.26 Å². The van der Waals surface area contributed by atoms with Gasteiger partial charge in [-0.3, -0.25) is 4.99 Å². The fourth-order valence-electron chi connectivity index (χ4n) is 3.68. The molecule has 132 valence electrons. The summed E-state index contributed by atoms with van der Waals surface area (Å²) in [6.07, 6.45) is 5.34. The van der Waals surface area contributed by atoms with Crippen LogP contribution in [0, 0.1) is 17.2 Å². The summed E-state index contributed by atoms with van der Waals surface area (Å²) >= 11 is 0. The van der Waals surface area contributed by atoms with Crippen molar-refractivity contribution in [2.24, 2.45) is 10.9 Å². The maximum absolute atomic E-state index is 9.02. The Morgan fingerprint density at radius 2 is 1.63 bits per heavy atom. The summed E-state index contributed by atoms with van der Waals surface area (Å²) in [6, 6.07) is 21.0. The third kappa shape index (κ3) is 3.55. The van der Waals surface area contributed by atoms with Gasteiger partial charge in [-0.05, 0) is 63.6 Å². The molecule has 0 spiro atoms. The monoisotopic (exact) mass is 350 g/mol. The smallest absolute Gasteiger partial charge is 0.0991 e. The van der Waals surface area contributed by atoms with E-state index in [-0.39, 0.29) is 0 Å². The first-order valence-electron chi connectivity index (χ1n) is 9.44. The van der Waals surface area contributed by atoms with Gasteiger partial charge in [0.25, 0.3) is 0 Å². The molecule has 1 aliphatic rings. The number of fused-ring (bicyclic) bond motifs is 2. The molecule has 3 aromatic rings. The van der Waals surface area contributed by atoms with E-state index in [9.17, 15) is 0 Å². The highest BCUT2D eigenvalue weighted by Gasteiger charge is 2.16. The normalized spacial score (nSPS) is 13.6. The zero-order valence-corrected chi connectivity index (χ0v) is 15.7. The van der Waals surface area contributed by atoms with Crippen LogP contribution in [-0.2, 0) is 6.42 Å². The van der Waals surface area contributed by atoms with Crippen molar-refractivity contribution >= 4 is 28.6 Å². The first-order chi connectivity index (χ1) is 13.1. The Morgan fingerprint density at radius 3 is 2.41 bits per heavy atom. The Labute approximate surface area is 160 Å². The fraction of sp³-hybridized carbons (Fsp3) is 0.200. The van der Waals surface area contributed by atoms with Crippen LogP contribution in [0.3, 0.4) is 0 Å². The molecule has 0 saturated heterocycles. The second-order valence-electron chi connectivity index (χ2n) is 7.35. The van der Waals surface area contributed by atoms with Gasteiger partial charge in [0.1, 0.15) is 0 Å². The number of hydrogen-bond acceptors (Lipinski definition) is 2. The highest BCUT2D eigenvalue weighted by atomic mass is 14.8. The lowest BCUT2D eigenvalue weighted by molar-refractivity contribution is 0.839. The van der Waals surface area contributed by atoms with Gasteiger partial charge in [0.15, 0.2) is 0 Å².